The molecule has 5 heteroatoms. The zero-order chi connectivity index (χ0) is 15.6. The van der Waals surface area contributed by atoms with Crippen LogP contribution in [0, 0.1) is 0 Å². The van der Waals surface area contributed by atoms with Crippen LogP contribution >= 0.6 is 0 Å². The van der Waals surface area contributed by atoms with Crippen molar-refractivity contribution in [2.45, 2.75) is 13.8 Å². The minimum Gasteiger partial charge on any atom is -0.507 e. The number of carbonyl (C=O) groups excluding carboxylic acids is 2. The lowest BCUT2D eigenvalue weighted by atomic mass is 10.1. The fourth-order valence-electron chi connectivity index (χ4n) is 1.86. The Kier molecular flexibility index (Phi) is 3.93. The van der Waals surface area contributed by atoms with E-state index in [-0.39, 0.29) is 34.2 Å². The van der Waals surface area contributed by atoms with E-state index in [1.807, 2.05) is 0 Å². The van der Waals surface area contributed by atoms with Crippen molar-refractivity contribution in [3.63, 3.8) is 0 Å². The van der Waals surface area contributed by atoms with Gasteiger partial charge in [0.15, 0.2) is 11.6 Å². The van der Waals surface area contributed by atoms with Crippen molar-refractivity contribution in [1.82, 2.24) is 0 Å². The van der Waals surface area contributed by atoms with E-state index in [1.165, 1.54) is 50.2 Å². The summed E-state index contributed by atoms with van der Waals surface area (Å²) in [6.45, 7) is 2.68. The lowest BCUT2D eigenvalue weighted by Gasteiger charge is -2.09. The number of rotatable bonds is 4. The van der Waals surface area contributed by atoms with Gasteiger partial charge in [0, 0.05) is 0 Å². The van der Waals surface area contributed by atoms with Crippen molar-refractivity contribution in [1.29, 1.82) is 0 Å². The van der Waals surface area contributed by atoms with Gasteiger partial charge in [0.05, 0.1) is 11.1 Å². The molecule has 0 atom stereocenters. The summed E-state index contributed by atoms with van der Waals surface area (Å²) >= 11 is 0. The summed E-state index contributed by atoms with van der Waals surface area (Å²) in [5.74, 6) is -0.118. The molecule has 2 rings (SSSR count). The summed E-state index contributed by atoms with van der Waals surface area (Å²) in [5, 5.41) is 19.1. The third-order valence-electron chi connectivity index (χ3n) is 2.93. The first-order valence-corrected chi connectivity index (χ1v) is 6.24. The smallest absolute Gasteiger partial charge is 0.163 e. The Morgan fingerprint density at radius 2 is 1.19 bits per heavy atom. The van der Waals surface area contributed by atoms with E-state index in [0.717, 1.165) is 0 Å². The fraction of sp³-hybridized carbons (Fsp3) is 0.125. The molecule has 0 aromatic heterocycles. The van der Waals surface area contributed by atoms with Gasteiger partial charge < -0.3 is 14.9 Å². The number of ether oxygens (including phenoxy) is 1. The number of hydrogen-bond donors (Lipinski definition) is 2. The maximum Gasteiger partial charge on any atom is 0.163 e. The molecule has 108 valence electrons. The summed E-state index contributed by atoms with van der Waals surface area (Å²) in [5.41, 5.74) is 0.302. The van der Waals surface area contributed by atoms with Gasteiger partial charge in [0.2, 0.25) is 0 Å². The Morgan fingerprint density at radius 3 is 1.52 bits per heavy atom. The average molecular weight is 286 g/mol. The molecule has 0 aliphatic heterocycles. The molecule has 2 aromatic rings. The maximum atomic E-state index is 11.4. The molecule has 0 radical (unpaired) electrons. The molecule has 21 heavy (non-hydrogen) atoms. The highest BCUT2D eigenvalue weighted by atomic mass is 16.5. The van der Waals surface area contributed by atoms with E-state index < -0.39 is 0 Å². The first-order chi connectivity index (χ1) is 9.88. The molecule has 0 aliphatic carbocycles. The molecule has 0 bridgehead atoms. The molecule has 2 aromatic carbocycles. The van der Waals surface area contributed by atoms with Crippen molar-refractivity contribution < 1.29 is 24.5 Å². The van der Waals surface area contributed by atoms with Crippen molar-refractivity contribution in [2.75, 3.05) is 0 Å². The van der Waals surface area contributed by atoms with E-state index in [4.69, 9.17) is 4.74 Å². The van der Waals surface area contributed by atoms with Gasteiger partial charge in [-0.3, -0.25) is 9.59 Å². The Balaban J connectivity index is 2.34. The number of hydrogen-bond acceptors (Lipinski definition) is 5. The highest BCUT2D eigenvalue weighted by molar-refractivity contribution is 5.97. The molecule has 5 nitrogen and oxygen atoms in total. The minimum absolute atomic E-state index is 0.120. The largest absolute Gasteiger partial charge is 0.507 e. The van der Waals surface area contributed by atoms with Crippen LogP contribution in [0.2, 0.25) is 0 Å². The number of aromatic hydroxyl groups is 2. The van der Waals surface area contributed by atoms with Crippen molar-refractivity contribution in [3.05, 3.63) is 47.5 Å². The zero-order valence-electron chi connectivity index (χ0n) is 11.6. The first kappa shape index (κ1) is 14.6. The standard InChI is InChI=1S/C16H14O5/c1-9(17)13-7-11(3-5-15(13)19)21-12-4-6-16(20)14(8-12)10(2)18/h3-8,19-20H,1-2H3. The molecule has 0 heterocycles. The number of phenols is 2. The highest BCUT2D eigenvalue weighted by Crippen LogP contribution is 2.30. The molecule has 0 aliphatic rings. The quantitative estimate of drug-likeness (QED) is 0.842. The molecule has 2 N–H and O–H groups in total. The first-order valence-electron chi connectivity index (χ1n) is 6.24. The van der Waals surface area contributed by atoms with Crippen molar-refractivity contribution in [2.24, 2.45) is 0 Å². The van der Waals surface area contributed by atoms with Crippen LogP contribution in [0.5, 0.6) is 23.0 Å². The molecule has 0 fully saturated rings. The van der Waals surface area contributed by atoms with Crippen LogP contribution in [-0.2, 0) is 0 Å². The van der Waals surface area contributed by atoms with Gasteiger partial charge in [-0.25, -0.2) is 0 Å². The molecule has 0 spiro atoms. The monoisotopic (exact) mass is 286 g/mol. The van der Waals surface area contributed by atoms with Gasteiger partial charge >= 0.3 is 0 Å². The fourth-order valence-corrected chi connectivity index (χ4v) is 1.86. The number of carbonyl (C=O) groups is 2. The number of Topliss-reactive ketones (excluding diaryl/α,β-unsaturated/α-hetero) is 2. The van der Waals surface area contributed by atoms with E-state index >= 15 is 0 Å². The van der Waals surface area contributed by atoms with Gasteiger partial charge in [-0.05, 0) is 50.2 Å². The summed E-state index contributed by atoms with van der Waals surface area (Å²) in [4.78, 5) is 22.7. The second kappa shape index (κ2) is 5.66. The summed E-state index contributed by atoms with van der Waals surface area (Å²) in [7, 11) is 0. The second-order valence-electron chi connectivity index (χ2n) is 4.57. The third kappa shape index (κ3) is 3.20. The summed E-state index contributed by atoms with van der Waals surface area (Å²) in [6, 6.07) is 8.55. The lowest BCUT2D eigenvalue weighted by molar-refractivity contribution is 0.100. The van der Waals surface area contributed by atoms with Crippen LogP contribution in [0.3, 0.4) is 0 Å². The second-order valence-corrected chi connectivity index (χ2v) is 4.57. The van der Waals surface area contributed by atoms with Crippen molar-refractivity contribution in [3.8, 4) is 23.0 Å². The van der Waals surface area contributed by atoms with Gasteiger partial charge in [0.25, 0.3) is 0 Å². The van der Waals surface area contributed by atoms with E-state index in [2.05, 4.69) is 0 Å². The minimum atomic E-state index is -0.284. The van der Waals surface area contributed by atoms with E-state index in [9.17, 15) is 19.8 Å². The van der Waals surface area contributed by atoms with Gasteiger partial charge in [-0.15, -0.1) is 0 Å². The Labute approximate surface area is 121 Å². The SMILES string of the molecule is CC(=O)c1cc(Oc2ccc(O)c(C(C)=O)c2)ccc1O. The predicted molar refractivity (Wildman–Crippen MR) is 76.3 cm³/mol. The topological polar surface area (TPSA) is 83.8 Å². The van der Waals surface area contributed by atoms with E-state index in [0.29, 0.717) is 11.5 Å². The maximum absolute atomic E-state index is 11.4. The Bertz CT molecular complexity index is 657. The number of benzene rings is 2. The third-order valence-corrected chi connectivity index (χ3v) is 2.93. The molecular formula is C16H14O5. The summed E-state index contributed by atoms with van der Waals surface area (Å²) < 4.78 is 5.54. The van der Waals surface area contributed by atoms with Crippen LogP contribution in [-0.4, -0.2) is 21.8 Å². The van der Waals surface area contributed by atoms with Crippen LogP contribution in [0.1, 0.15) is 34.6 Å². The molecule has 0 amide bonds. The van der Waals surface area contributed by atoms with Crippen LogP contribution < -0.4 is 4.74 Å². The molecule has 0 unspecified atom stereocenters. The number of ketones is 2. The van der Waals surface area contributed by atoms with Gasteiger partial charge in [-0.1, -0.05) is 0 Å². The normalized spacial score (nSPS) is 10.2. The number of phenolic OH excluding ortho intramolecular Hbond substituents is 2. The van der Waals surface area contributed by atoms with Gasteiger partial charge in [0.1, 0.15) is 23.0 Å². The van der Waals surface area contributed by atoms with Crippen LogP contribution in [0.15, 0.2) is 36.4 Å². The van der Waals surface area contributed by atoms with Crippen molar-refractivity contribution >= 4 is 11.6 Å². The average Bonchev–Trinajstić information content (AvgIpc) is 2.42. The predicted octanol–water partition coefficient (Wildman–Crippen LogP) is 3.30. The lowest BCUT2D eigenvalue weighted by Crippen LogP contribution is -1.96. The summed E-state index contributed by atoms with van der Waals surface area (Å²) in [6.07, 6.45) is 0. The van der Waals surface area contributed by atoms with E-state index in [1.54, 1.807) is 0 Å². The molecule has 0 saturated heterocycles. The highest BCUT2D eigenvalue weighted by Gasteiger charge is 2.11. The molecular weight excluding hydrogens is 272 g/mol. The Hall–Kier alpha value is -2.82. The van der Waals surface area contributed by atoms with Gasteiger partial charge in [-0.2, -0.15) is 0 Å². The van der Waals surface area contributed by atoms with Crippen LogP contribution in [0.25, 0.3) is 0 Å². The van der Waals surface area contributed by atoms with Crippen LogP contribution in [0.4, 0.5) is 0 Å². The Morgan fingerprint density at radius 1 is 0.810 bits per heavy atom. The molecule has 0 saturated carbocycles. The zero-order valence-corrected chi connectivity index (χ0v) is 11.6.